The first kappa shape index (κ1) is 10.5. The number of fused-ring (bicyclic) bond motifs is 1. The van der Waals surface area contributed by atoms with Gasteiger partial charge in [0.2, 0.25) is 11.6 Å². The maximum Gasteiger partial charge on any atom is 0.227 e. The Morgan fingerprint density at radius 2 is 2.00 bits per heavy atom. The third kappa shape index (κ3) is 1.42. The predicted octanol–water partition coefficient (Wildman–Crippen LogP) is -2.21. The Morgan fingerprint density at radius 3 is 2.62 bits per heavy atom. The molecule has 0 atom stereocenters. The number of ketones is 1. The third-order valence-electron chi connectivity index (χ3n) is 2.38. The van der Waals surface area contributed by atoms with Crippen LogP contribution >= 0.6 is 0 Å². The Labute approximate surface area is 89.6 Å². The molecule has 3 N–H and O–H groups in total. The highest BCUT2D eigenvalue weighted by atomic mass is 16.5. The molecule has 5 nitrogen and oxygen atoms in total. The highest BCUT2D eigenvalue weighted by Gasteiger charge is 2.35. The number of Topliss-reactive ketones (excluding diaryl/α,β-unsaturated/α-hetero) is 1. The summed E-state index contributed by atoms with van der Waals surface area (Å²) >= 11 is 0. The third-order valence-corrected chi connectivity index (χ3v) is 2.38. The molecule has 0 unspecified atom stereocenters. The van der Waals surface area contributed by atoms with Crippen molar-refractivity contribution in [3.63, 3.8) is 0 Å². The average Bonchev–Trinajstić information content (AvgIpc) is 2.47. The Kier molecular flexibility index (Phi) is 2.15. The van der Waals surface area contributed by atoms with Gasteiger partial charge in [0.25, 0.3) is 0 Å². The molecule has 0 radical (unpaired) electrons. The number of phenolic OH excluding ortho intramolecular Hbond substituents is 1. The second kappa shape index (κ2) is 3.26. The van der Waals surface area contributed by atoms with Crippen molar-refractivity contribution in [2.24, 2.45) is 0 Å². The molecule has 5 heteroatoms. The van der Waals surface area contributed by atoms with Crippen LogP contribution in [0, 0.1) is 0 Å². The van der Waals surface area contributed by atoms with E-state index in [1.807, 2.05) is 0 Å². The van der Waals surface area contributed by atoms with Gasteiger partial charge in [0, 0.05) is 0 Å². The molecule has 0 saturated carbocycles. The summed E-state index contributed by atoms with van der Waals surface area (Å²) in [7, 11) is 0. The van der Waals surface area contributed by atoms with E-state index in [1.54, 1.807) is 0 Å². The number of aromatic hydroxyl groups is 1. The van der Waals surface area contributed by atoms with Gasteiger partial charge < -0.3 is 15.3 Å². The predicted molar refractivity (Wildman–Crippen MR) is 53.5 cm³/mol. The molecular weight excluding hydrogens is 212 g/mol. The van der Waals surface area contributed by atoms with Gasteiger partial charge in [-0.3, -0.25) is 9.59 Å². The number of benzene rings is 1. The topological polar surface area (TPSA) is 94.8 Å². The largest absolute Gasteiger partial charge is 0.508 e. The SMILES string of the molecule is O=CC(=O)C1=c2cc(O)ccc2=CC1(O)O. The molecule has 1 aromatic rings. The van der Waals surface area contributed by atoms with Crippen molar-refractivity contribution in [2.45, 2.75) is 5.79 Å². The molecular formula is C11H8O5. The fourth-order valence-electron chi connectivity index (χ4n) is 1.75. The van der Waals surface area contributed by atoms with Crippen LogP contribution in [0.15, 0.2) is 18.2 Å². The number of carbonyl (C=O) groups is 2. The number of rotatable bonds is 2. The van der Waals surface area contributed by atoms with E-state index in [4.69, 9.17) is 0 Å². The number of phenols is 1. The number of hydrogen-bond acceptors (Lipinski definition) is 5. The Hall–Kier alpha value is -1.98. The van der Waals surface area contributed by atoms with Crippen molar-refractivity contribution < 1.29 is 24.9 Å². The zero-order valence-electron chi connectivity index (χ0n) is 8.04. The van der Waals surface area contributed by atoms with E-state index < -0.39 is 17.1 Å². The molecule has 0 fully saturated rings. The molecule has 1 aliphatic rings. The van der Waals surface area contributed by atoms with Crippen LogP contribution in [-0.2, 0) is 9.59 Å². The minimum atomic E-state index is -2.46. The lowest BCUT2D eigenvalue weighted by Gasteiger charge is -2.14. The first-order valence-electron chi connectivity index (χ1n) is 4.46. The van der Waals surface area contributed by atoms with Crippen LogP contribution in [0.5, 0.6) is 5.75 Å². The maximum absolute atomic E-state index is 11.3. The van der Waals surface area contributed by atoms with Crippen molar-refractivity contribution in [1.82, 2.24) is 0 Å². The van der Waals surface area contributed by atoms with Gasteiger partial charge in [0.05, 0.1) is 5.57 Å². The average molecular weight is 220 g/mol. The standard InChI is InChI=1S/C11H8O5/c12-5-9(14)10-8-3-7(13)2-1-6(8)4-11(10,15)16/h1-5,13,15-16H. The van der Waals surface area contributed by atoms with Crippen LogP contribution in [0.25, 0.3) is 11.6 Å². The molecule has 0 spiro atoms. The summed E-state index contributed by atoms with van der Waals surface area (Å²) in [5, 5.41) is 28.9. The van der Waals surface area contributed by atoms with Crippen LogP contribution in [0.2, 0.25) is 0 Å². The second-order valence-corrected chi connectivity index (χ2v) is 3.50. The normalized spacial score (nSPS) is 16.5. The van der Waals surface area contributed by atoms with Gasteiger partial charge in [-0.05, 0) is 28.6 Å². The summed E-state index contributed by atoms with van der Waals surface area (Å²) in [4.78, 5) is 21.7. The van der Waals surface area contributed by atoms with Gasteiger partial charge in [-0.2, -0.15) is 0 Å². The van der Waals surface area contributed by atoms with E-state index in [2.05, 4.69) is 0 Å². The molecule has 82 valence electrons. The molecule has 0 aliphatic heterocycles. The minimum Gasteiger partial charge on any atom is -0.508 e. The number of hydrogen-bond donors (Lipinski definition) is 3. The summed E-state index contributed by atoms with van der Waals surface area (Å²) in [6.45, 7) is 0. The van der Waals surface area contributed by atoms with Crippen molar-refractivity contribution in [2.75, 3.05) is 0 Å². The molecule has 1 aliphatic carbocycles. The molecule has 0 bridgehead atoms. The van der Waals surface area contributed by atoms with Crippen LogP contribution in [-0.4, -0.2) is 33.2 Å². The minimum absolute atomic E-state index is 0.00348. The van der Waals surface area contributed by atoms with Crippen molar-refractivity contribution in [3.05, 3.63) is 28.6 Å². The highest BCUT2D eigenvalue weighted by molar-refractivity contribution is 6.45. The number of carbonyl (C=O) groups excluding carboxylic acids is 2. The molecule has 0 aromatic heterocycles. The Morgan fingerprint density at radius 1 is 1.31 bits per heavy atom. The van der Waals surface area contributed by atoms with Gasteiger partial charge in [-0.15, -0.1) is 0 Å². The lowest BCUT2D eigenvalue weighted by atomic mass is 10.0. The highest BCUT2D eigenvalue weighted by Crippen LogP contribution is 2.19. The van der Waals surface area contributed by atoms with E-state index in [9.17, 15) is 24.9 Å². The smallest absolute Gasteiger partial charge is 0.227 e. The number of aliphatic hydroxyl groups is 2. The molecule has 0 amide bonds. The lowest BCUT2D eigenvalue weighted by Crippen LogP contribution is -2.32. The van der Waals surface area contributed by atoms with Gasteiger partial charge in [-0.25, -0.2) is 0 Å². The summed E-state index contributed by atoms with van der Waals surface area (Å²) in [5.74, 6) is -3.61. The van der Waals surface area contributed by atoms with Crippen molar-refractivity contribution in [1.29, 1.82) is 0 Å². The Balaban J connectivity index is 2.88. The molecule has 2 rings (SSSR count). The van der Waals surface area contributed by atoms with Crippen LogP contribution < -0.4 is 10.4 Å². The van der Waals surface area contributed by atoms with E-state index in [0.29, 0.717) is 5.22 Å². The van der Waals surface area contributed by atoms with Crippen LogP contribution in [0.4, 0.5) is 0 Å². The lowest BCUT2D eigenvalue weighted by molar-refractivity contribution is -0.129. The molecule has 16 heavy (non-hydrogen) atoms. The van der Waals surface area contributed by atoms with Crippen molar-refractivity contribution >= 4 is 23.7 Å². The van der Waals surface area contributed by atoms with E-state index in [1.165, 1.54) is 18.2 Å². The number of aldehydes is 1. The van der Waals surface area contributed by atoms with E-state index in [0.717, 1.165) is 6.08 Å². The molecule has 1 aromatic carbocycles. The van der Waals surface area contributed by atoms with Gasteiger partial charge in [-0.1, -0.05) is 6.07 Å². The molecule has 0 saturated heterocycles. The summed E-state index contributed by atoms with van der Waals surface area (Å²) in [6, 6.07) is 3.98. The van der Waals surface area contributed by atoms with Gasteiger partial charge >= 0.3 is 0 Å². The summed E-state index contributed by atoms with van der Waals surface area (Å²) in [5.41, 5.74) is -0.437. The molecule has 0 heterocycles. The fraction of sp³-hybridized carbons (Fsp3) is 0.0909. The van der Waals surface area contributed by atoms with E-state index >= 15 is 0 Å². The van der Waals surface area contributed by atoms with Crippen LogP contribution in [0.3, 0.4) is 0 Å². The first-order valence-corrected chi connectivity index (χ1v) is 4.46. The summed E-state index contributed by atoms with van der Waals surface area (Å²) < 4.78 is 0. The zero-order chi connectivity index (χ0) is 11.9. The van der Waals surface area contributed by atoms with Gasteiger partial charge in [0.1, 0.15) is 5.75 Å². The van der Waals surface area contributed by atoms with Crippen LogP contribution in [0.1, 0.15) is 0 Å². The fourth-order valence-corrected chi connectivity index (χ4v) is 1.75. The first-order chi connectivity index (χ1) is 7.45. The summed E-state index contributed by atoms with van der Waals surface area (Å²) in [6.07, 6.45) is 1.04. The van der Waals surface area contributed by atoms with E-state index in [-0.39, 0.29) is 17.3 Å². The second-order valence-electron chi connectivity index (χ2n) is 3.50. The Bertz CT molecular complexity index is 597. The zero-order valence-corrected chi connectivity index (χ0v) is 8.04. The maximum atomic E-state index is 11.3. The van der Waals surface area contributed by atoms with Crippen molar-refractivity contribution in [3.8, 4) is 5.75 Å². The quantitative estimate of drug-likeness (QED) is 0.298. The monoisotopic (exact) mass is 220 g/mol. The van der Waals surface area contributed by atoms with Gasteiger partial charge in [0.15, 0.2) is 6.29 Å².